The first-order chi connectivity index (χ1) is 8.83. The highest BCUT2D eigenvalue weighted by Crippen LogP contribution is 2.13. The molecule has 1 aliphatic heterocycles. The number of esters is 1. The monoisotopic (exact) mass is 272 g/mol. The van der Waals surface area contributed by atoms with Gasteiger partial charge >= 0.3 is 12.1 Å². The van der Waals surface area contributed by atoms with E-state index in [1.807, 2.05) is 20.8 Å². The van der Waals surface area contributed by atoms with Crippen molar-refractivity contribution in [2.24, 2.45) is 5.92 Å². The number of nitrogens with one attached hydrogen (secondary N) is 1. The summed E-state index contributed by atoms with van der Waals surface area (Å²) in [5.41, 5.74) is -0.532. The SMILES string of the molecule is CCOC(=O)C1CNCCN(C(=O)OC(C)(C)C)C1. The van der Waals surface area contributed by atoms with Gasteiger partial charge < -0.3 is 19.7 Å². The molecule has 0 saturated carbocycles. The molecule has 1 atom stereocenters. The number of carbonyl (C=O) groups is 2. The molecule has 1 saturated heterocycles. The Morgan fingerprint density at radius 2 is 2.05 bits per heavy atom. The number of amides is 1. The summed E-state index contributed by atoms with van der Waals surface area (Å²) in [6.45, 7) is 9.63. The van der Waals surface area contributed by atoms with E-state index in [9.17, 15) is 9.59 Å². The van der Waals surface area contributed by atoms with Crippen LogP contribution in [0.1, 0.15) is 27.7 Å². The van der Waals surface area contributed by atoms with Crippen molar-refractivity contribution in [1.82, 2.24) is 10.2 Å². The van der Waals surface area contributed by atoms with Crippen molar-refractivity contribution in [3.8, 4) is 0 Å². The molecule has 0 bridgehead atoms. The van der Waals surface area contributed by atoms with Crippen molar-refractivity contribution >= 4 is 12.1 Å². The standard InChI is InChI=1S/C13H24N2O4/c1-5-18-11(16)10-8-14-6-7-15(9-10)12(17)19-13(2,3)4/h10,14H,5-9H2,1-4H3. The van der Waals surface area contributed by atoms with Gasteiger partial charge in [-0.1, -0.05) is 0 Å². The first kappa shape index (κ1) is 15.8. The molecule has 0 aliphatic carbocycles. The lowest BCUT2D eigenvalue weighted by Crippen LogP contribution is -2.41. The molecular formula is C13H24N2O4. The third kappa shape index (κ3) is 5.46. The molecular weight excluding hydrogens is 248 g/mol. The molecule has 1 rings (SSSR count). The summed E-state index contributed by atoms with van der Waals surface area (Å²) in [4.78, 5) is 25.3. The number of carbonyl (C=O) groups excluding carboxylic acids is 2. The van der Waals surface area contributed by atoms with Crippen LogP contribution in [0.3, 0.4) is 0 Å². The Bertz CT molecular complexity index is 325. The normalized spacial score (nSPS) is 20.6. The fourth-order valence-electron chi connectivity index (χ4n) is 1.82. The average molecular weight is 272 g/mol. The van der Waals surface area contributed by atoms with Crippen LogP contribution in [-0.4, -0.2) is 55.3 Å². The smallest absolute Gasteiger partial charge is 0.410 e. The minimum Gasteiger partial charge on any atom is -0.466 e. The third-order valence-electron chi connectivity index (χ3n) is 2.66. The van der Waals surface area contributed by atoms with Gasteiger partial charge in [-0.05, 0) is 27.7 Å². The van der Waals surface area contributed by atoms with Crippen LogP contribution >= 0.6 is 0 Å². The van der Waals surface area contributed by atoms with Gasteiger partial charge in [-0.25, -0.2) is 4.79 Å². The van der Waals surface area contributed by atoms with Crippen molar-refractivity contribution < 1.29 is 19.1 Å². The maximum absolute atomic E-state index is 12.0. The molecule has 0 spiro atoms. The Labute approximate surface area is 114 Å². The van der Waals surface area contributed by atoms with Crippen LogP contribution in [-0.2, 0) is 14.3 Å². The Morgan fingerprint density at radius 3 is 2.63 bits per heavy atom. The second-order valence-corrected chi connectivity index (χ2v) is 5.58. The molecule has 1 unspecified atom stereocenters. The molecule has 1 aliphatic rings. The summed E-state index contributed by atoms with van der Waals surface area (Å²) in [6, 6.07) is 0. The van der Waals surface area contributed by atoms with Gasteiger partial charge in [0.05, 0.1) is 12.5 Å². The van der Waals surface area contributed by atoms with Crippen molar-refractivity contribution in [2.75, 3.05) is 32.8 Å². The predicted molar refractivity (Wildman–Crippen MR) is 70.8 cm³/mol. The zero-order chi connectivity index (χ0) is 14.5. The second kappa shape index (κ2) is 6.75. The van der Waals surface area contributed by atoms with Crippen LogP contribution < -0.4 is 5.32 Å². The van der Waals surface area contributed by atoms with Crippen LogP contribution in [0, 0.1) is 5.92 Å². The zero-order valence-electron chi connectivity index (χ0n) is 12.2. The lowest BCUT2D eigenvalue weighted by molar-refractivity contribution is -0.148. The number of hydrogen-bond acceptors (Lipinski definition) is 5. The highest BCUT2D eigenvalue weighted by molar-refractivity contribution is 5.75. The van der Waals surface area contributed by atoms with Crippen LogP contribution in [0.25, 0.3) is 0 Å². The largest absolute Gasteiger partial charge is 0.466 e. The van der Waals surface area contributed by atoms with Gasteiger partial charge in [-0.2, -0.15) is 0 Å². The van der Waals surface area contributed by atoms with E-state index in [1.54, 1.807) is 11.8 Å². The van der Waals surface area contributed by atoms with Crippen molar-refractivity contribution in [3.05, 3.63) is 0 Å². The van der Waals surface area contributed by atoms with Crippen molar-refractivity contribution in [3.63, 3.8) is 0 Å². The number of ether oxygens (including phenoxy) is 2. The number of rotatable bonds is 2. The summed E-state index contributed by atoms with van der Waals surface area (Å²) in [7, 11) is 0. The molecule has 6 nitrogen and oxygen atoms in total. The molecule has 1 amide bonds. The van der Waals surface area contributed by atoms with Crippen LogP contribution in [0.2, 0.25) is 0 Å². The molecule has 0 radical (unpaired) electrons. The van der Waals surface area contributed by atoms with E-state index in [0.717, 1.165) is 0 Å². The minimum absolute atomic E-state index is 0.273. The van der Waals surface area contributed by atoms with E-state index in [-0.39, 0.29) is 18.0 Å². The van der Waals surface area contributed by atoms with Crippen LogP contribution in [0.5, 0.6) is 0 Å². The molecule has 19 heavy (non-hydrogen) atoms. The Kier molecular flexibility index (Phi) is 5.60. The van der Waals surface area contributed by atoms with E-state index >= 15 is 0 Å². The zero-order valence-corrected chi connectivity index (χ0v) is 12.2. The van der Waals surface area contributed by atoms with Gasteiger partial charge in [0.2, 0.25) is 0 Å². The van der Waals surface area contributed by atoms with E-state index in [2.05, 4.69) is 5.32 Å². The minimum atomic E-state index is -0.532. The molecule has 1 heterocycles. The summed E-state index contributed by atoms with van der Waals surface area (Å²) in [5, 5.41) is 3.13. The van der Waals surface area contributed by atoms with Gasteiger partial charge in [0.1, 0.15) is 5.60 Å². The van der Waals surface area contributed by atoms with Crippen molar-refractivity contribution in [1.29, 1.82) is 0 Å². The topological polar surface area (TPSA) is 67.9 Å². The molecule has 1 N–H and O–H groups in total. The lowest BCUT2D eigenvalue weighted by atomic mass is 10.1. The predicted octanol–water partition coefficient (Wildman–Crippen LogP) is 1.01. The van der Waals surface area contributed by atoms with Crippen molar-refractivity contribution in [2.45, 2.75) is 33.3 Å². The van der Waals surface area contributed by atoms with Gasteiger partial charge in [0, 0.05) is 26.2 Å². The van der Waals surface area contributed by atoms with Crippen LogP contribution in [0.15, 0.2) is 0 Å². The first-order valence-corrected chi connectivity index (χ1v) is 6.68. The third-order valence-corrected chi connectivity index (χ3v) is 2.66. The summed E-state index contributed by atoms with van der Waals surface area (Å²) in [5.74, 6) is -0.611. The average Bonchev–Trinajstić information content (AvgIpc) is 2.52. The van der Waals surface area contributed by atoms with Gasteiger partial charge in [-0.15, -0.1) is 0 Å². The maximum atomic E-state index is 12.0. The second-order valence-electron chi connectivity index (χ2n) is 5.58. The van der Waals surface area contributed by atoms with E-state index in [0.29, 0.717) is 32.8 Å². The van der Waals surface area contributed by atoms with Gasteiger partial charge in [0.25, 0.3) is 0 Å². The molecule has 1 fully saturated rings. The Hall–Kier alpha value is -1.30. The fourth-order valence-corrected chi connectivity index (χ4v) is 1.82. The summed E-state index contributed by atoms with van der Waals surface area (Å²) >= 11 is 0. The van der Waals surface area contributed by atoms with Crippen LogP contribution in [0.4, 0.5) is 4.79 Å². The molecule has 6 heteroatoms. The van der Waals surface area contributed by atoms with E-state index in [4.69, 9.17) is 9.47 Å². The quantitative estimate of drug-likeness (QED) is 0.760. The molecule has 0 aromatic rings. The highest BCUT2D eigenvalue weighted by atomic mass is 16.6. The highest BCUT2D eigenvalue weighted by Gasteiger charge is 2.30. The summed E-state index contributed by atoms with van der Waals surface area (Å²) < 4.78 is 10.3. The number of hydrogen-bond donors (Lipinski definition) is 1. The fraction of sp³-hybridized carbons (Fsp3) is 0.846. The van der Waals surface area contributed by atoms with Gasteiger partial charge in [0.15, 0.2) is 0 Å². The molecule has 110 valence electrons. The maximum Gasteiger partial charge on any atom is 0.410 e. The van der Waals surface area contributed by atoms with E-state index in [1.165, 1.54) is 0 Å². The number of nitrogens with zero attached hydrogens (tertiary/aromatic N) is 1. The molecule has 0 aromatic carbocycles. The Morgan fingerprint density at radius 1 is 1.37 bits per heavy atom. The van der Waals surface area contributed by atoms with Gasteiger partial charge in [-0.3, -0.25) is 4.79 Å². The Balaban J connectivity index is 2.63. The lowest BCUT2D eigenvalue weighted by Gasteiger charge is -2.27. The first-order valence-electron chi connectivity index (χ1n) is 6.68. The van der Waals surface area contributed by atoms with E-state index < -0.39 is 5.60 Å². The summed E-state index contributed by atoms with van der Waals surface area (Å²) in [6.07, 6.45) is -0.384. The molecule has 0 aromatic heterocycles.